The van der Waals surface area contributed by atoms with Gasteiger partial charge in [0, 0.05) is 6.42 Å². The Morgan fingerprint density at radius 2 is 2.15 bits per heavy atom. The third kappa shape index (κ3) is 2.40. The van der Waals surface area contributed by atoms with Crippen molar-refractivity contribution >= 4 is 23.4 Å². The number of aromatic nitrogens is 4. The van der Waals surface area contributed by atoms with E-state index in [1.54, 1.807) is 0 Å². The number of rotatable bonds is 3. The Kier molecular flexibility index (Phi) is 4.03. The van der Waals surface area contributed by atoms with Gasteiger partial charge in [0.25, 0.3) is 0 Å². The first kappa shape index (κ1) is 18.0. The molecule has 3 unspecified atom stereocenters. The van der Waals surface area contributed by atoms with Crippen LogP contribution in [0.4, 0.5) is 5.95 Å². The van der Waals surface area contributed by atoms with Crippen molar-refractivity contribution in [1.82, 2.24) is 19.1 Å². The highest BCUT2D eigenvalue weighted by Gasteiger charge is 2.50. The van der Waals surface area contributed by atoms with E-state index in [0.29, 0.717) is 0 Å². The number of nitrogens with zero attached hydrogens (tertiary/aromatic N) is 4. The number of imidazole rings is 1. The van der Waals surface area contributed by atoms with Crippen LogP contribution in [0.2, 0.25) is 0 Å². The second kappa shape index (κ2) is 6.05. The van der Waals surface area contributed by atoms with Crippen molar-refractivity contribution in [3.8, 4) is 0 Å². The number of nitrogens with one attached hydrogen (secondary N) is 1. The molecule has 2 aromatic rings. The summed E-state index contributed by atoms with van der Waals surface area (Å²) in [6, 6.07) is 0. The fraction of sp³-hybridized carbons (Fsp3) is 0.571. The predicted molar refractivity (Wildman–Crippen MR) is 85.3 cm³/mol. The predicted octanol–water partition coefficient (Wildman–Crippen LogP) is -3.60. The molecule has 6 N–H and O–H groups in total. The normalized spacial score (nSPS) is 35.8. The monoisotopic (exact) mass is 383 g/mol. The Bertz CT molecular complexity index is 959. The molecule has 0 aromatic carbocycles. The van der Waals surface area contributed by atoms with Gasteiger partial charge in [0.2, 0.25) is 11.5 Å². The van der Waals surface area contributed by atoms with E-state index >= 15 is 0 Å². The standard InChI is InChI=1S/C14H17N5O8/c20-2-6-5(22)1-7(27-6)18-4-15-8-9(23)16-13-17-11(24)14(26,3-21)12(25)19(13)10(8)18/h3-7,11-12,20,22,24-26H,1-2H2,(H,16,17,23)/t5-,6+,7+,11?,12?,14?/m0/s1. The van der Waals surface area contributed by atoms with Crippen molar-refractivity contribution in [3.05, 3.63) is 16.7 Å². The van der Waals surface area contributed by atoms with E-state index < -0.39 is 48.7 Å². The van der Waals surface area contributed by atoms with Crippen molar-refractivity contribution in [2.75, 3.05) is 11.9 Å². The minimum atomic E-state index is -2.62. The first-order valence-corrected chi connectivity index (χ1v) is 8.06. The molecule has 13 nitrogen and oxygen atoms in total. The number of aliphatic hydroxyl groups excluding tert-OH is 4. The summed E-state index contributed by atoms with van der Waals surface area (Å²) in [5, 5.41) is 52.3. The maximum absolute atomic E-state index is 12.2. The van der Waals surface area contributed by atoms with E-state index in [-0.39, 0.29) is 29.8 Å². The van der Waals surface area contributed by atoms with Crippen molar-refractivity contribution in [1.29, 1.82) is 0 Å². The highest BCUT2D eigenvalue weighted by molar-refractivity contribution is 5.75. The Morgan fingerprint density at radius 1 is 1.41 bits per heavy atom. The number of hydrogen-bond donors (Lipinski definition) is 6. The molecule has 0 saturated carbocycles. The Hall–Kier alpha value is -2.42. The van der Waals surface area contributed by atoms with Gasteiger partial charge >= 0.3 is 5.56 Å². The molecule has 0 bridgehead atoms. The summed E-state index contributed by atoms with van der Waals surface area (Å²) < 4.78 is 7.80. The smallest absolute Gasteiger partial charge is 0.302 e. The summed E-state index contributed by atoms with van der Waals surface area (Å²) >= 11 is 0. The lowest BCUT2D eigenvalue weighted by Crippen LogP contribution is -2.58. The molecule has 1 saturated heterocycles. The van der Waals surface area contributed by atoms with Gasteiger partial charge in [-0.3, -0.25) is 18.7 Å². The van der Waals surface area contributed by atoms with Gasteiger partial charge in [0.1, 0.15) is 12.3 Å². The SMILES string of the molecule is O=CC1(O)C(O)Nc2nc(=O)c3ncn([C@H]4C[C@H](O)[C@@H](CO)O4)c3n2C1O. The molecule has 27 heavy (non-hydrogen) atoms. The van der Waals surface area contributed by atoms with Crippen LogP contribution >= 0.6 is 0 Å². The number of anilines is 1. The van der Waals surface area contributed by atoms with E-state index in [1.807, 2.05) is 0 Å². The van der Waals surface area contributed by atoms with E-state index in [0.717, 1.165) is 4.57 Å². The number of carbonyl (C=O) groups is 1. The van der Waals surface area contributed by atoms with Gasteiger partial charge in [0.15, 0.2) is 29.9 Å². The second-order valence-corrected chi connectivity index (χ2v) is 6.48. The van der Waals surface area contributed by atoms with Crippen LogP contribution in [0.1, 0.15) is 18.9 Å². The molecule has 146 valence electrons. The molecule has 0 amide bonds. The Balaban J connectivity index is 1.93. The first-order chi connectivity index (χ1) is 12.8. The molecule has 0 aliphatic carbocycles. The van der Waals surface area contributed by atoms with Crippen LogP contribution < -0.4 is 10.9 Å². The molecule has 4 heterocycles. The lowest BCUT2D eigenvalue weighted by atomic mass is 9.99. The van der Waals surface area contributed by atoms with Crippen molar-refractivity contribution in [2.24, 2.45) is 0 Å². The zero-order valence-corrected chi connectivity index (χ0v) is 13.7. The lowest BCUT2D eigenvalue weighted by Gasteiger charge is -2.39. The molecule has 2 aliphatic heterocycles. The van der Waals surface area contributed by atoms with E-state index in [4.69, 9.17) is 4.74 Å². The van der Waals surface area contributed by atoms with Crippen LogP contribution in [0.15, 0.2) is 11.1 Å². The number of aliphatic hydroxyl groups is 5. The van der Waals surface area contributed by atoms with Crippen LogP contribution in [0, 0.1) is 0 Å². The summed E-state index contributed by atoms with van der Waals surface area (Å²) in [5.74, 6) is -0.293. The summed E-state index contributed by atoms with van der Waals surface area (Å²) in [4.78, 5) is 31.2. The first-order valence-electron chi connectivity index (χ1n) is 8.06. The number of ether oxygens (including phenoxy) is 1. The van der Waals surface area contributed by atoms with E-state index in [1.165, 1.54) is 10.9 Å². The van der Waals surface area contributed by atoms with Crippen LogP contribution in [-0.4, -0.2) is 81.6 Å². The minimum Gasteiger partial charge on any atom is -0.394 e. The zero-order chi connectivity index (χ0) is 19.5. The molecule has 2 aliphatic rings. The largest absolute Gasteiger partial charge is 0.394 e. The fourth-order valence-electron chi connectivity index (χ4n) is 3.35. The van der Waals surface area contributed by atoms with Gasteiger partial charge in [-0.1, -0.05) is 0 Å². The highest BCUT2D eigenvalue weighted by Crippen LogP contribution is 2.36. The van der Waals surface area contributed by atoms with E-state index in [9.17, 15) is 35.1 Å². The van der Waals surface area contributed by atoms with Gasteiger partial charge < -0.3 is 35.6 Å². The third-order valence-corrected chi connectivity index (χ3v) is 4.88. The van der Waals surface area contributed by atoms with Gasteiger partial charge in [-0.05, 0) is 0 Å². The number of fused-ring (bicyclic) bond motifs is 3. The highest BCUT2D eigenvalue weighted by atomic mass is 16.5. The molecular weight excluding hydrogens is 366 g/mol. The average molecular weight is 383 g/mol. The third-order valence-electron chi connectivity index (χ3n) is 4.88. The maximum Gasteiger partial charge on any atom is 0.302 e. The van der Waals surface area contributed by atoms with Crippen molar-refractivity contribution in [3.63, 3.8) is 0 Å². The second-order valence-electron chi connectivity index (χ2n) is 6.48. The van der Waals surface area contributed by atoms with Crippen molar-refractivity contribution < 1.29 is 35.1 Å². The molecule has 2 aromatic heterocycles. The molecule has 0 radical (unpaired) electrons. The quantitative estimate of drug-likeness (QED) is 0.287. The number of carbonyl (C=O) groups excluding carboxylic acids is 1. The van der Waals surface area contributed by atoms with Gasteiger partial charge in [-0.15, -0.1) is 0 Å². The number of hydrogen-bond acceptors (Lipinski definition) is 11. The van der Waals surface area contributed by atoms with Gasteiger partial charge in [-0.2, -0.15) is 4.98 Å². The van der Waals surface area contributed by atoms with Crippen molar-refractivity contribution in [2.45, 2.75) is 42.9 Å². The zero-order valence-electron chi connectivity index (χ0n) is 13.7. The number of aldehydes is 1. The van der Waals surface area contributed by atoms with Crippen LogP contribution in [-0.2, 0) is 9.53 Å². The van der Waals surface area contributed by atoms with Crippen LogP contribution in [0.5, 0.6) is 0 Å². The summed E-state index contributed by atoms with van der Waals surface area (Å²) in [6.07, 6.45) is -5.31. The summed E-state index contributed by atoms with van der Waals surface area (Å²) in [6.45, 7) is -0.425. The van der Waals surface area contributed by atoms with E-state index in [2.05, 4.69) is 15.3 Å². The van der Waals surface area contributed by atoms with Gasteiger partial charge in [0.05, 0.1) is 19.0 Å². The molecular formula is C14H17N5O8. The lowest BCUT2D eigenvalue weighted by molar-refractivity contribution is -0.174. The fourth-order valence-corrected chi connectivity index (χ4v) is 3.35. The molecule has 13 heteroatoms. The van der Waals surface area contributed by atoms with Crippen LogP contribution in [0.3, 0.4) is 0 Å². The summed E-state index contributed by atoms with van der Waals surface area (Å²) in [5.41, 5.74) is -3.63. The topological polar surface area (TPSA) is 192 Å². The molecule has 1 fully saturated rings. The average Bonchev–Trinajstić information content (AvgIpc) is 3.23. The van der Waals surface area contributed by atoms with Crippen LogP contribution in [0.25, 0.3) is 11.2 Å². The molecule has 4 rings (SSSR count). The Labute approximate surface area is 150 Å². The molecule has 0 spiro atoms. The maximum atomic E-state index is 12.2. The molecule has 6 atom stereocenters. The minimum absolute atomic E-state index is 0.0272. The Morgan fingerprint density at radius 3 is 2.78 bits per heavy atom. The van der Waals surface area contributed by atoms with Gasteiger partial charge in [-0.25, -0.2) is 4.98 Å². The summed E-state index contributed by atoms with van der Waals surface area (Å²) in [7, 11) is 0.